The van der Waals surface area contributed by atoms with Crippen molar-refractivity contribution in [2.75, 3.05) is 5.73 Å². The highest BCUT2D eigenvalue weighted by Crippen LogP contribution is 2.27. The van der Waals surface area contributed by atoms with Crippen LogP contribution >= 0.6 is 0 Å². The predicted molar refractivity (Wildman–Crippen MR) is 80.4 cm³/mol. The summed E-state index contributed by atoms with van der Waals surface area (Å²) in [7, 11) is 0. The molecule has 0 spiro atoms. The van der Waals surface area contributed by atoms with E-state index in [1.807, 2.05) is 12.1 Å². The molecule has 0 radical (unpaired) electrons. The molecule has 0 saturated heterocycles. The molecule has 0 fully saturated rings. The summed E-state index contributed by atoms with van der Waals surface area (Å²) in [6, 6.07) is 9.99. The zero-order chi connectivity index (χ0) is 14.3. The Hall–Kier alpha value is -2.36. The van der Waals surface area contributed by atoms with Crippen molar-refractivity contribution in [3.63, 3.8) is 0 Å². The highest BCUT2D eigenvalue weighted by molar-refractivity contribution is 5.75. The van der Waals surface area contributed by atoms with Gasteiger partial charge in [-0.15, -0.1) is 0 Å². The summed E-state index contributed by atoms with van der Waals surface area (Å²) in [5.41, 5.74) is 9.80. The van der Waals surface area contributed by atoms with Crippen molar-refractivity contribution >= 4 is 16.9 Å². The van der Waals surface area contributed by atoms with E-state index in [4.69, 9.17) is 10.2 Å². The summed E-state index contributed by atoms with van der Waals surface area (Å²) in [6.07, 6.45) is 1.58. The van der Waals surface area contributed by atoms with Gasteiger partial charge in [0.1, 0.15) is 0 Å². The number of rotatable bonds is 1. The summed E-state index contributed by atoms with van der Waals surface area (Å²) in [5.74, 6) is 0.568. The number of nitrogen functional groups attached to an aromatic ring is 1. The maximum atomic E-state index is 5.71. The third kappa shape index (κ3) is 2.25. The fourth-order valence-corrected chi connectivity index (χ4v) is 2.07. The number of oxazole rings is 1. The maximum absolute atomic E-state index is 5.71. The predicted octanol–water partition coefficient (Wildman–Crippen LogP) is 3.77. The summed E-state index contributed by atoms with van der Waals surface area (Å²) in [5, 5.41) is 0. The Morgan fingerprint density at radius 2 is 1.80 bits per heavy atom. The topological polar surface area (TPSA) is 64.9 Å². The third-order valence-corrected chi connectivity index (χ3v) is 3.27. The molecular weight excluding hydrogens is 250 g/mol. The minimum Gasteiger partial charge on any atom is -0.434 e. The molecule has 0 aliphatic rings. The highest BCUT2D eigenvalue weighted by Gasteiger charge is 2.14. The second-order valence-corrected chi connectivity index (χ2v) is 5.94. The Kier molecular flexibility index (Phi) is 2.74. The van der Waals surface area contributed by atoms with E-state index in [1.54, 1.807) is 12.3 Å². The molecule has 0 amide bonds. The smallest absolute Gasteiger partial charge is 0.228 e. The van der Waals surface area contributed by atoms with Crippen molar-refractivity contribution in [2.45, 2.75) is 26.2 Å². The normalized spacial score (nSPS) is 11.9. The largest absolute Gasteiger partial charge is 0.434 e. The molecule has 0 aliphatic heterocycles. The van der Waals surface area contributed by atoms with Gasteiger partial charge >= 0.3 is 0 Å². The van der Waals surface area contributed by atoms with Crippen LogP contribution in [0.15, 0.2) is 40.9 Å². The van der Waals surface area contributed by atoms with E-state index in [0.29, 0.717) is 22.8 Å². The van der Waals surface area contributed by atoms with E-state index in [1.165, 1.54) is 5.56 Å². The molecule has 102 valence electrons. The molecule has 2 aromatic heterocycles. The number of pyridine rings is 1. The first kappa shape index (κ1) is 12.7. The standard InChI is InChI=1S/C16H17N3O/c1-16(2,3)11-6-4-10(5-7-11)15-19-14-13(20-15)8-12(17)9-18-14/h4-9H,17H2,1-3H3. The van der Waals surface area contributed by atoms with E-state index in [0.717, 1.165) is 5.56 Å². The number of hydrogen-bond acceptors (Lipinski definition) is 4. The number of aromatic nitrogens is 2. The van der Waals surface area contributed by atoms with Crippen LogP contribution in [0, 0.1) is 0 Å². The van der Waals surface area contributed by atoms with Gasteiger partial charge in [-0.1, -0.05) is 32.9 Å². The van der Waals surface area contributed by atoms with Gasteiger partial charge in [-0.3, -0.25) is 0 Å². The van der Waals surface area contributed by atoms with E-state index in [-0.39, 0.29) is 5.41 Å². The first-order valence-corrected chi connectivity index (χ1v) is 6.56. The van der Waals surface area contributed by atoms with Gasteiger partial charge in [0, 0.05) is 11.6 Å². The molecule has 0 atom stereocenters. The van der Waals surface area contributed by atoms with Gasteiger partial charge in [0.05, 0.1) is 11.9 Å². The summed E-state index contributed by atoms with van der Waals surface area (Å²) >= 11 is 0. The van der Waals surface area contributed by atoms with E-state index in [2.05, 4.69) is 42.9 Å². The summed E-state index contributed by atoms with van der Waals surface area (Å²) in [4.78, 5) is 8.54. The lowest BCUT2D eigenvalue weighted by molar-refractivity contribution is 0.589. The molecule has 0 unspecified atom stereocenters. The van der Waals surface area contributed by atoms with Crippen LogP contribution < -0.4 is 5.73 Å². The lowest BCUT2D eigenvalue weighted by Gasteiger charge is -2.18. The lowest BCUT2D eigenvalue weighted by atomic mass is 9.87. The Morgan fingerprint density at radius 3 is 2.45 bits per heavy atom. The molecular formula is C16H17N3O. The zero-order valence-electron chi connectivity index (χ0n) is 11.8. The second-order valence-electron chi connectivity index (χ2n) is 5.94. The average molecular weight is 267 g/mol. The molecule has 2 N–H and O–H groups in total. The van der Waals surface area contributed by atoms with Crippen molar-refractivity contribution in [3.05, 3.63) is 42.1 Å². The Bertz CT molecular complexity index is 751. The van der Waals surface area contributed by atoms with Crippen LogP contribution in [0.3, 0.4) is 0 Å². The number of nitrogens with two attached hydrogens (primary N) is 1. The number of fused-ring (bicyclic) bond motifs is 1. The number of anilines is 1. The third-order valence-electron chi connectivity index (χ3n) is 3.27. The monoisotopic (exact) mass is 267 g/mol. The average Bonchev–Trinajstić information content (AvgIpc) is 2.80. The van der Waals surface area contributed by atoms with Crippen LogP contribution in [0.2, 0.25) is 0 Å². The van der Waals surface area contributed by atoms with Crippen LogP contribution in [0.1, 0.15) is 26.3 Å². The van der Waals surface area contributed by atoms with E-state index >= 15 is 0 Å². The first-order valence-electron chi connectivity index (χ1n) is 6.56. The maximum Gasteiger partial charge on any atom is 0.228 e. The minimum absolute atomic E-state index is 0.135. The van der Waals surface area contributed by atoms with Crippen LogP contribution in [-0.4, -0.2) is 9.97 Å². The molecule has 4 nitrogen and oxygen atoms in total. The van der Waals surface area contributed by atoms with Crippen molar-refractivity contribution in [3.8, 4) is 11.5 Å². The summed E-state index contributed by atoms with van der Waals surface area (Å²) < 4.78 is 5.71. The van der Waals surface area contributed by atoms with Crippen LogP contribution in [0.5, 0.6) is 0 Å². The zero-order valence-corrected chi connectivity index (χ0v) is 11.8. The second kappa shape index (κ2) is 4.34. The van der Waals surface area contributed by atoms with Crippen LogP contribution in [-0.2, 0) is 5.41 Å². The van der Waals surface area contributed by atoms with Crippen molar-refractivity contribution < 1.29 is 4.42 Å². The molecule has 3 aromatic rings. The van der Waals surface area contributed by atoms with Crippen molar-refractivity contribution in [1.29, 1.82) is 0 Å². The lowest BCUT2D eigenvalue weighted by Crippen LogP contribution is -2.10. The molecule has 0 aliphatic carbocycles. The molecule has 20 heavy (non-hydrogen) atoms. The van der Waals surface area contributed by atoms with Gasteiger partial charge in [0.25, 0.3) is 0 Å². The molecule has 4 heteroatoms. The van der Waals surface area contributed by atoms with Crippen molar-refractivity contribution in [2.24, 2.45) is 0 Å². The quantitative estimate of drug-likeness (QED) is 0.729. The van der Waals surface area contributed by atoms with Crippen LogP contribution in [0.25, 0.3) is 22.7 Å². The van der Waals surface area contributed by atoms with Crippen molar-refractivity contribution in [1.82, 2.24) is 9.97 Å². The number of benzene rings is 1. The Balaban J connectivity index is 2.02. The first-order chi connectivity index (χ1) is 9.43. The molecule has 1 aromatic carbocycles. The van der Waals surface area contributed by atoms with Crippen LogP contribution in [0.4, 0.5) is 5.69 Å². The van der Waals surface area contributed by atoms with Gasteiger partial charge in [-0.2, -0.15) is 4.98 Å². The van der Waals surface area contributed by atoms with Gasteiger partial charge in [0.15, 0.2) is 11.2 Å². The Labute approximate surface area is 117 Å². The SMILES string of the molecule is CC(C)(C)c1ccc(-c2nc3ncc(N)cc3o2)cc1. The molecule has 2 heterocycles. The van der Waals surface area contributed by atoms with E-state index < -0.39 is 0 Å². The fourth-order valence-electron chi connectivity index (χ4n) is 2.07. The Morgan fingerprint density at radius 1 is 1.10 bits per heavy atom. The molecule has 0 bridgehead atoms. The van der Waals surface area contributed by atoms with Gasteiger partial charge in [-0.05, 0) is 23.1 Å². The van der Waals surface area contributed by atoms with Gasteiger partial charge in [-0.25, -0.2) is 4.98 Å². The fraction of sp³-hybridized carbons (Fsp3) is 0.250. The highest BCUT2D eigenvalue weighted by atomic mass is 16.3. The number of nitrogens with zero attached hydrogens (tertiary/aromatic N) is 2. The molecule has 0 saturated carbocycles. The van der Waals surface area contributed by atoms with E-state index in [9.17, 15) is 0 Å². The molecule has 3 rings (SSSR count). The minimum atomic E-state index is 0.135. The van der Waals surface area contributed by atoms with Gasteiger partial charge in [0.2, 0.25) is 5.89 Å². The number of hydrogen-bond donors (Lipinski definition) is 1. The van der Waals surface area contributed by atoms with Gasteiger partial charge < -0.3 is 10.2 Å². The summed E-state index contributed by atoms with van der Waals surface area (Å²) in [6.45, 7) is 6.57.